The van der Waals surface area contributed by atoms with Crippen molar-refractivity contribution in [2.45, 2.75) is 6.92 Å². The highest BCUT2D eigenvalue weighted by molar-refractivity contribution is 6.31. The van der Waals surface area contributed by atoms with Crippen molar-refractivity contribution in [1.82, 2.24) is 4.98 Å². The highest BCUT2D eigenvalue weighted by Crippen LogP contribution is 2.24. The lowest BCUT2D eigenvalue weighted by atomic mass is 10.1. The van der Waals surface area contributed by atoms with Gasteiger partial charge in [-0.2, -0.15) is 0 Å². The predicted molar refractivity (Wildman–Crippen MR) is 65.5 cm³/mol. The quantitative estimate of drug-likeness (QED) is 0.682. The smallest absolute Gasteiger partial charge is 0.343 e. The van der Waals surface area contributed by atoms with E-state index in [-0.39, 0.29) is 23.1 Å². The van der Waals surface area contributed by atoms with E-state index in [1.807, 2.05) is 0 Å². The van der Waals surface area contributed by atoms with Crippen molar-refractivity contribution in [3.8, 4) is 0 Å². The fourth-order valence-electron chi connectivity index (χ4n) is 1.63. The monoisotopic (exact) mass is 287 g/mol. The fourth-order valence-corrected chi connectivity index (χ4v) is 1.78. The van der Waals surface area contributed by atoms with Crippen LogP contribution in [0.25, 0.3) is 10.9 Å². The molecule has 0 fully saturated rings. The molecular formula is C12H8ClF2NO3. The summed E-state index contributed by atoms with van der Waals surface area (Å²) in [6.07, 6.45) is 1.01. The van der Waals surface area contributed by atoms with Crippen molar-refractivity contribution in [3.63, 3.8) is 0 Å². The van der Waals surface area contributed by atoms with Crippen molar-refractivity contribution in [1.29, 1.82) is 0 Å². The second-order valence-corrected chi connectivity index (χ2v) is 4.04. The van der Waals surface area contributed by atoms with Crippen LogP contribution in [0.15, 0.2) is 17.1 Å². The molecule has 0 amide bonds. The van der Waals surface area contributed by atoms with Crippen LogP contribution in [-0.4, -0.2) is 17.6 Å². The van der Waals surface area contributed by atoms with E-state index >= 15 is 0 Å². The molecule has 4 nitrogen and oxygen atoms in total. The number of esters is 1. The largest absolute Gasteiger partial charge is 0.462 e. The van der Waals surface area contributed by atoms with Crippen LogP contribution >= 0.6 is 11.6 Å². The highest BCUT2D eigenvalue weighted by Gasteiger charge is 2.19. The number of nitrogens with one attached hydrogen (secondary N) is 1. The molecule has 19 heavy (non-hydrogen) atoms. The minimum atomic E-state index is -1.08. The number of fused-ring (bicyclic) bond motifs is 1. The maximum atomic E-state index is 13.7. The van der Waals surface area contributed by atoms with Gasteiger partial charge < -0.3 is 9.72 Å². The van der Waals surface area contributed by atoms with Gasteiger partial charge in [0.15, 0.2) is 5.82 Å². The van der Waals surface area contributed by atoms with Gasteiger partial charge in [-0.05, 0) is 13.0 Å². The topological polar surface area (TPSA) is 59.2 Å². The third-order valence-corrected chi connectivity index (χ3v) is 2.85. The number of rotatable bonds is 2. The molecule has 0 aliphatic heterocycles. The Labute approximate surface area is 110 Å². The summed E-state index contributed by atoms with van der Waals surface area (Å²) in [5, 5.41) is -1.02. The first-order valence-corrected chi connectivity index (χ1v) is 5.71. The van der Waals surface area contributed by atoms with Crippen molar-refractivity contribution < 1.29 is 18.3 Å². The number of pyridine rings is 1. The van der Waals surface area contributed by atoms with Crippen molar-refractivity contribution >= 4 is 28.5 Å². The van der Waals surface area contributed by atoms with Gasteiger partial charge in [0.05, 0.1) is 17.5 Å². The third-order valence-electron chi connectivity index (χ3n) is 2.51. The average Bonchev–Trinajstić information content (AvgIpc) is 2.38. The van der Waals surface area contributed by atoms with Gasteiger partial charge in [-0.25, -0.2) is 13.6 Å². The Bertz CT molecular complexity index is 727. The van der Waals surface area contributed by atoms with Crippen LogP contribution in [0.5, 0.6) is 0 Å². The number of benzene rings is 1. The van der Waals surface area contributed by atoms with E-state index in [0.29, 0.717) is 0 Å². The Hall–Kier alpha value is -1.95. The van der Waals surface area contributed by atoms with Crippen LogP contribution in [-0.2, 0) is 4.74 Å². The minimum absolute atomic E-state index is 0.0830. The summed E-state index contributed by atoms with van der Waals surface area (Å²) in [5.74, 6) is -3.01. The molecule has 0 saturated heterocycles. The molecule has 1 N–H and O–H groups in total. The van der Waals surface area contributed by atoms with E-state index in [0.717, 1.165) is 12.3 Å². The molecule has 0 bridgehead atoms. The number of carbonyl (C=O) groups is 1. The van der Waals surface area contributed by atoms with Gasteiger partial charge in [0.2, 0.25) is 5.43 Å². The molecule has 1 aromatic heterocycles. The molecule has 0 aliphatic rings. The summed E-state index contributed by atoms with van der Waals surface area (Å²) in [4.78, 5) is 25.9. The summed E-state index contributed by atoms with van der Waals surface area (Å²) in [7, 11) is 0. The number of aromatic nitrogens is 1. The normalized spacial score (nSPS) is 10.7. The molecule has 0 spiro atoms. The van der Waals surface area contributed by atoms with Crippen molar-refractivity contribution in [3.05, 3.63) is 44.7 Å². The van der Waals surface area contributed by atoms with E-state index in [2.05, 4.69) is 9.72 Å². The number of ether oxygens (including phenoxy) is 1. The molecule has 7 heteroatoms. The van der Waals surface area contributed by atoms with Gasteiger partial charge in [0.1, 0.15) is 16.4 Å². The van der Waals surface area contributed by atoms with Gasteiger partial charge in [-0.3, -0.25) is 4.79 Å². The average molecular weight is 288 g/mol. The molecule has 0 radical (unpaired) electrons. The Morgan fingerprint density at radius 2 is 2.16 bits per heavy atom. The van der Waals surface area contributed by atoms with Crippen LogP contribution in [0.1, 0.15) is 17.3 Å². The summed E-state index contributed by atoms with van der Waals surface area (Å²) < 4.78 is 31.7. The van der Waals surface area contributed by atoms with Crippen molar-refractivity contribution in [2.75, 3.05) is 6.61 Å². The first-order valence-electron chi connectivity index (χ1n) is 5.33. The van der Waals surface area contributed by atoms with E-state index in [9.17, 15) is 18.4 Å². The zero-order chi connectivity index (χ0) is 14.2. The van der Waals surface area contributed by atoms with Crippen LogP contribution in [0.3, 0.4) is 0 Å². The molecule has 1 heterocycles. The van der Waals surface area contributed by atoms with E-state index in [1.165, 1.54) is 0 Å². The van der Waals surface area contributed by atoms with Crippen LogP contribution in [0, 0.1) is 11.6 Å². The van der Waals surface area contributed by atoms with Gasteiger partial charge in [0, 0.05) is 6.20 Å². The van der Waals surface area contributed by atoms with Crippen LogP contribution in [0.4, 0.5) is 8.78 Å². The summed E-state index contributed by atoms with van der Waals surface area (Å²) in [6.45, 7) is 1.66. The second-order valence-electron chi connectivity index (χ2n) is 3.66. The van der Waals surface area contributed by atoms with E-state index in [1.54, 1.807) is 6.92 Å². The van der Waals surface area contributed by atoms with Gasteiger partial charge >= 0.3 is 5.97 Å². The first kappa shape index (κ1) is 13.5. The van der Waals surface area contributed by atoms with Gasteiger partial charge in [-0.15, -0.1) is 0 Å². The predicted octanol–water partition coefficient (Wildman–Crippen LogP) is 2.64. The van der Waals surface area contributed by atoms with Crippen LogP contribution < -0.4 is 5.43 Å². The molecule has 1 aromatic carbocycles. The van der Waals surface area contributed by atoms with Gasteiger partial charge in [-0.1, -0.05) is 11.6 Å². The Kier molecular flexibility index (Phi) is 3.53. The molecule has 0 unspecified atom stereocenters. The standard InChI is InChI=1S/C12H8ClF2NO3/c1-2-19-12(18)6-4-16-10-5(11(6)17)3-7(14)8(13)9(10)15/h3-4H,2H2,1H3,(H,16,17). The Morgan fingerprint density at radius 1 is 1.47 bits per heavy atom. The van der Waals surface area contributed by atoms with E-state index in [4.69, 9.17) is 11.6 Å². The summed E-state index contributed by atoms with van der Waals surface area (Å²) in [5.41, 5.74) is -1.40. The minimum Gasteiger partial charge on any atom is -0.462 e. The maximum absolute atomic E-state index is 13.7. The number of halogens is 3. The lowest BCUT2D eigenvalue weighted by Gasteiger charge is -2.05. The highest BCUT2D eigenvalue weighted by atomic mass is 35.5. The zero-order valence-electron chi connectivity index (χ0n) is 9.72. The lowest BCUT2D eigenvalue weighted by Crippen LogP contribution is -2.18. The first-order chi connectivity index (χ1) is 8.97. The number of hydrogen-bond donors (Lipinski definition) is 1. The molecule has 2 aromatic rings. The van der Waals surface area contributed by atoms with Crippen LogP contribution in [0.2, 0.25) is 5.02 Å². The van der Waals surface area contributed by atoms with Gasteiger partial charge in [0.25, 0.3) is 0 Å². The second kappa shape index (κ2) is 4.97. The number of hydrogen-bond acceptors (Lipinski definition) is 3. The van der Waals surface area contributed by atoms with E-state index < -0.39 is 28.1 Å². The molecule has 100 valence electrons. The fraction of sp³-hybridized carbons (Fsp3) is 0.167. The summed E-state index contributed by atoms with van der Waals surface area (Å²) in [6, 6.07) is 0.780. The molecule has 2 rings (SSSR count). The molecule has 0 aliphatic carbocycles. The molecular weight excluding hydrogens is 280 g/mol. The number of aromatic amines is 1. The van der Waals surface area contributed by atoms with Crippen molar-refractivity contribution in [2.24, 2.45) is 0 Å². The number of H-pyrrole nitrogens is 1. The summed E-state index contributed by atoms with van der Waals surface area (Å²) >= 11 is 5.40. The molecule has 0 atom stereocenters. The number of carbonyl (C=O) groups excluding carboxylic acids is 1. The third kappa shape index (κ3) is 2.19. The maximum Gasteiger partial charge on any atom is 0.343 e. The Morgan fingerprint density at radius 3 is 2.79 bits per heavy atom. The molecule has 0 saturated carbocycles. The Balaban J connectivity index is 2.76. The zero-order valence-corrected chi connectivity index (χ0v) is 10.5. The lowest BCUT2D eigenvalue weighted by molar-refractivity contribution is 0.0524. The SMILES string of the molecule is CCOC(=O)c1c[nH]c2c(F)c(Cl)c(F)cc2c1=O.